The Bertz CT molecular complexity index is 556. The van der Waals surface area contributed by atoms with Crippen LogP contribution in [-0.4, -0.2) is 6.54 Å². The first-order valence-corrected chi connectivity index (χ1v) is 7.59. The molecule has 1 atom stereocenters. The van der Waals surface area contributed by atoms with Gasteiger partial charge in [0.2, 0.25) is 0 Å². The second-order valence-electron chi connectivity index (χ2n) is 4.19. The molecule has 0 radical (unpaired) electrons. The number of benzene rings is 1. The molecule has 0 saturated carbocycles. The predicted octanol–water partition coefficient (Wildman–Crippen LogP) is 5.44. The molecule has 2 rings (SSSR count). The van der Waals surface area contributed by atoms with E-state index in [-0.39, 0.29) is 6.04 Å². The van der Waals surface area contributed by atoms with Gasteiger partial charge in [0.15, 0.2) is 0 Å². The van der Waals surface area contributed by atoms with Crippen LogP contribution in [-0.2, 0) is 0 Å². The standard InChI is InChI=1S/C14H14BrCl2NO/c1-2-6-18-13(14-11(15)5-7-19-14)10-8-9(16)3-4-12(10)17/h3-5,7-8,13,18H,2,6H2,1H3. The summed E-state index contributed by atoms with van der Waals surface area (Å²) >= 11 is 15.8. The van der Waals surface area contributed by atoms with Gasteiger partial charge in [-0.05, 0) is 58.7 Å². The van der Waals surface area contributed by atoms with Crippen molar-refractivity contribution >= 4 is 39.1 Å². The molecule has 5 heteroatoms. The molecule has 0 aliphatic carbocycles. The van der Waals surface area contributed by atoms with Crippen LogP contribution < -0.4 is 5.32 Å². The fourth-order valence-corrected chi connectivity index (χ4v) is 2.72. The summed E-state index contributed by atoms with van der Waals surface area (Å²) in [5.41, 5.74) is 0.915. The van der Waals surface area contributed by atoms with Crippen LogP contribution in [0, 0.1) is 0 Å². The molecule has 0 fully saturated rings. The molecule has 0 saturated heterocycles. The summed E-state index contributed by atoms with van der Waals surface area (Å²) < 4.78 is 6.48. The Labute approximate surface area is 131 Å². The van der Waals surface area contributed by atoms with Crippen molar-refractivity contribution in [1.82, 2.24) is 5.32 Å². The minimum absolute atomic E-state index is 0.115. The normalized spacial score (nSPS) is 12.6. The molecule has 0 spiro atoms. The quantitative estimate of drug-likeness (QED) is 0.766. The molecule has 0 aliphatic heterocycles. The average molecular weight is 363 g/mol. The van der Waals surface area contributed by atoms with E-state index in [9.17, 15) is 0 Å². The van der Waals surface area contributed by atoms with Crippen LogP contribution in [0.4, 0.5) is 0 Å². The minimum atomic E-state index is -0.115. The molecule has 1 N–H and O–H groups in total. The summed E-state index contributed by atoms with van der Waals surface area (Å²) in [6.45, 7) is 2.97. The van der Waals surface area contributed by atoms with Gasteiger partial charge in [-0.2, -0.15) is 0 Å². The van der Waals surface area contributed by atoms with Crippen LogP contribution in [0.15, 0.2) is 39.4 Å². The average Bonchev–Trinajstić information content (AvgIpc) is 2.80. The Morgan fingerprint density at radius 1 is 1.32 bits per heavy atom. The molecule has 0 bridgehead atoms. The third-order valence-corrected chi connectivity index (χ3v) is 4.01. The van der Waals surface area contributed by atoms with Crippen LogP contribution in [0.2, 0.25) is 10.0 Å². The monoisotopic (exact) mass is 361 g/mol. The van der Waals surface area contributed by atoms with Gasteiger partial charge in [0.1, 0.15) is 5.76 Å². The lowest BCUT2D eigenvalue weighted by Gasteiger charge is -2.19. The van der Waals surface area contributed by atoms with Gasteiger partial charge in [0.05, 0.1) is 16.8 Å². The smallest absolute Gasteiger partial charge is 0.139 e. The zero-order valence-corrected chi connectivity index (χ0v) is 13.5. The van der Waals surface area contributed by atoms with Crippen LogP contribution >= 0.6 is 39.1 Å². The Kier molecular flexibility index (Phi) is 5.34. The Morgan fingerprint density at radius 2 is 2.11 bits per heavy atom. The van der Waals surface area contributed by atoms with Gasteiger partial charge in [-0.25, -0.2) is 0 Å². The van der Waals surface area contributed by atoms with E-state index < -0.39 is 0 Å². The first kappa shape index (κ1) is 14.9. The maximum atomic E-state index is 6.28. The van der Waals surface area contributed by atoms with Gasteiger partial charge >= 0.3 is 0 Å². The van der Waals surface area contributed by atoms with E-state index in [2.05, 4.69) is 28.2 Å². The highest BCUT2D eigenvalue weighted by molar-refractivity contribution is 9.10. The second kappa shape index (κ2) is 6.80. The summed E-state index contributed by atoms with van der Waals surface area (Å²) in [5, 5.41) is 4.76. The van der Waals surface area contributed by atoms with E-state index >= 15 is 0 Å². The zero-order chi connectivity index (χ0) is 13.8. The maximum absolute atomic E-state index is 6.28. The highest BCUT2D eigenvalue weighted by Crippen LogP contribution is 2.34. The SMILES string of the molecule is CCCNC(c1cc(Cl)ccc1Cl)c1occc1Br. The molecule has 19 heavy (non-hydrogen) atoms. The number of hydrogen-bond acceptors (Lipinski definition) is 2. The van der Waals surface area contributed by atoms with Crippen molar-refractivity contribution in [2.75, 3.05) is 6.54 Å². The number of furan rings is 1. The molecule has 1 heterocycles. The summed E-state index contributed by atoms with van der Waals surface area (Å²) in [7, 11) is 0. The predicted molar refractivity (Wildman–Crippen MR) is 83.0 cm³/mol. The van der Waals surface area contributed by atoms with Crippen molar-refractivity contribution in [2.45, 2.75) is 19.4 Å². The first-order chi connectivity index (χ1) is 9.13. The largest absolute Gasteiger partial charge is 0.466 e. The molecular formula is C14H14BrCl2NO. The number of nitrogens with one attached hydrogen (secondary N) is 1. The second-order valence-corrected chi connectivity index (χ2v) is 5.88. The lowest BCUT2D eigenvalue weighted by molar-refractivity contribution is 0.444. The van der Waals surface area contributed by atoms with Crippen LogP contribution in [0.25, 0.3) is 0 Å². The molecule has 2 nitrogen and oxygen atoms in total. The molecule has 102 valence electrons. The molecule has 0 amide bonds. The minimum Gasteiger partial charge on any atom is -0.466 e. The maximum Gasteiger partial charge on any atom is 0.139 e. The van der Waals surface area contributed by atoms with Gasteiger partial charge in [0, 0.05) is 10.0 Å². The fraction of sp³-hybridized carbons (Fsp3) is 0.286. The van der Waals surface area contributed by atoms with Gasteiger partial charge in [0.25, 0.3) is 0 Å². The zero-order valence-electron chi connectivity index (χ0n) is 10.4. The van der Waals surface area contributed by atoms with Gasteiger partial charge < -0.3 is 9.73 Å². The molecule has 1 aromatic carbocycles. The molecule has 0 aliphatic rings. The van der Waals surface area contributed by atoms with Crippen LogP contribution in [0.1, 0.15) is 30.7 Å². The highest BCUT2D eigenvalue weighted by atomic mass is 79.9. The molecule has 1 aromatic heterocycles. The topological polar surface area (TPSA) is 25.2 Å². The van der Waals surface area contributed by atoms with E-state index in [1.54, 1.807) is 18.4 Å². The van der Waals surface area contributed by atoms with E-state index in [1.807, 2.05) is 12.1 Å². The molecular weight excluding hydrogens is 349 g/mol. The summed E-state index contributed by atoms with van der Waals surface area (Å²) in [5.74, 6) is 0.803. The van der Waals surface area contributed by atoms with E-state index in [0.29, 0.717) is 10.0 Å². The molecule has 1 unspecified atom stereocenters. The van der Waals surface area contributed by atoms with Gasteiger partial charge in [-0.15, -0.1) is 0 Å². The van der Waals surface area contributed by atoms with Crippen LogP contribution in [0.5, 0.6) is 0 Å². The number of halogens is 3. The van der Waals surface area contributed by atoms with Crippen molar-refractivity contribution < 1.29 is 4.42 Å². The van der Waals surface area contributed by atoms with Crippen molar-refractivity contribution in [3.63, 3.8) is 0 Å². The Hall–Kier alpha value is -0.480. The van der Waals surface area contributed by atoms with E-state index in [4.69, 9.17) is 27.6 Å². The lowest BCUT2D eigenvalue weighted by Crippen LogP contribution is -2.23. The Morgan fingerprint density at radius 3 is 2.74 bits per heavy atom. The number of rotatable bonds is 5. The summed E-state index contributed by atoms with van der Waals surface area (Å²) in [6, 6.07) is 7.20. The summed E-state index contributed by atoms with van der Waals surface area (Å²) in [6.07, 6.45) is 2.67. The van der Waals surface area contributed by atoms with Crippen molar-refractivity contribution in [3.8, 4) is 0 Å². The molecule has 2 aromatic rings. The highest BCUT2D eigenvalue weighted by Gasteiger charge is 2.22. The summed E-state index contributed by atoms with van der Waals surface area (Å²) in [4.78, 5) is 0. The van der Waals surface area contributed by atoms with Crippen molar-refractivity contribution in [2.24, 2.45) is 0 Å². The first-order valence-electron chi connectivity index (χ1n) is 6.04. The fourth-order valence-electron chi connectivity index (χ4n) is 1.88. The van der Waals surface area contributed by atoms with E-state index in [0.717, 1.165) is 28.8 Å². The lowest BCUT2D eigenvalue weighted by atomic mass is 10.0. The number of hydrogen-bond donors (Lipinski definition) is 1. The van der Waals surface area contributed by atoms with Crippen LogP contribution in [0.3, 0.4) is 0 Å². The van der Waals surface area contributed by atoms with Gasteiger partial charge in [-0.3, -0.25) is 0 Å². The third-order valence-electron chi connectivity index (χ3n) is 2.77. The Balaban J connectivity index is 2.42. The third kappa shape index (κ3) is 3.54. The van der Waals surface area contributed by atoms with E-state index in [1.165, 1.54) is 0 Å². The van der Waals surface area contributed by atoms with Gasteiger partial charge in [-0.1, -0.05) is 30.1 Å². The van der Waals surface area contributed by atoms with Crippen molar-refractivity contribution in [1.29, 1.82) is 0 Å². The van der Waals surface area contributed by atoms with Crippen molar-refractivity contribution in [3.05, 3.63) is 56.4 Å².